The van der Waals surface area contributed by atoms with Crippen LogP contribution in [0.3, 0.4) is 0 Å². The van der Waals surface area contributed by atoms with Gasteiger partial charge in [0.2, 0.25) is 0 Å². The van der Waals surface area contributed by atoms with E-state index in [1.165, 1.54) is 11.1 Å². The van der Waals surface area contributed by atoms with Crippen LogP contribution < -0.4 is 5.73 Å². The van der Waals surface area contributed by atoms with Crippen LogP contribution in [-0.2, 0) is 12.0 Å². The van der Waals surface area contributed by atoms with Crippen LogP contribution >= 0.6 is 0 Å². The number of rotatable bonds is 2. The Kier molecular flexibility index (Phi) is 4.32. The monoisotopic (exact) mass is 260 g/mol. The molecule has 2 rings (SSSR count). The van der Waals surface area contributed by atoms with E-state index in [1.54, 1.807) is 0 Å². The van der Waals surface area contributed by atoms with Crippen molar-refractivity contribution in [2.24, 2.45) is 11.7 Å². The maximum absolute atomic E-state index is 6.07. The highest BCUT2D eigenvalue weighted by Gasteiger charge is 2.23. The molecule has 1 aliphatic rings. The molecular formula is C17H28N2. The summed E-state index contributed by atoms with van der Waals surface area (Å²) < 4.78 is 0. The fraction of sp³-hybridized carbons (Fsp3) is 0.647. The quantitative estimate of drug-likeness (QED) is 0.885. The maximum Gasteiger partial charge on any atom is 0.0233 e. The Hall–Kier alpha value is -0.860. The topological polar surface area (TPSA) is 29.3 Å². The van der Waals surface area contributed by atoms with E-state index in [4.69, 9.17) is 5.73 Å². The number of piperidine rings is 1. The van der Waals surface area contributed by atoms with E-state index < -0.39 is 0 Å². The van der Waals surface area contributed by atoms with E-state index in [0.29, 0.717) is 12.0 Å². The van der Waals surface area contributed by atoms with Crippen molar-refractivity contribution in [2.45, 2.75) is 52.1 Å². The molecule has 2 heteroatoms. The second-order valence-electron chi connectivity index (χ2n) is 7.11. The van der Waals surface area contributed by atoms with Crippen LogP contribution in [0.1, 0.15) is 45.2 Å². The molecular weight excluding hydrogens is 232 g/mol. The molecule has 0 unspecified atom stereocenters. The maximum atomic E-state index is 6.07. The number of nitrogens with two attached hydrogens (primary N) is 1. The van der Waals surface area contributed by atoms with E-state index in [9.17, 15) is 0 Å². The molecule has 1 aliphatic heterocycles. The second kappa shape index (κ2) is 5.64. The average Bonchev–Trinajstić information content (AvgIpc) is 2.33. The van der Waals surface area contributed by atoms with Gasteiger partial charge in [0.25, 0.3) is 0 Å². The van der Waals surface area contributed by atoms with Gasteiger partial charge in [-0.15, -0.1) is 0 Å². The number of hydrogen-bond acceptors (Lipinski definition) is 2. The van der Waals surface area contributed by atoms with Crippen LogP contribution in [0.4, 0.5) is 0 Å². The highest BCUT2D eigenvalue weighted by molar-refractivity contribution is 5.27. The average molecular weight is 260 g/mol. The van der Waals surface area contributed by atoms with Gasteiger partial charge in [-0.05, 0) is 35.4 Å². The Morgan fingerprint density at radius 2 is 1.84 bits per heavy atom. The molecule has 0 aliphatic carbocycles. The van der Waals surface area contributed by atoms with Gasteiger partial charge >= 0.3 is 0 Å². The molecule has 0 saturated carbocycles. The predicted molar refractivity (Wildman–Crippen MR) is 82.2 cm³/mol. The van der Waals surface area contributed by atoms with Crippen molar-refractivity contribution in [3.05, 3.63) is 35.4 Å². The molecule has 2 atom stereocenters. The second-order valence-corrected chi connectivity index (χ2v) is 7.11. The largest absolute Gasteiger partial charge is 0.327 e. The van der Waals surface area contributed by atoms with Gasteiger partial charge in [0.1, 0.15) is 0 Å². The van der Waals surface area contributed by atoms with Crippen molar-refractivity contribution in [1.82, 2.24) is 4.90 Å². The van der Waals surface area contributed by atoms with Crippen LogP contribution in [0.5, 0.6) is 0 Å². The summed E-state index contributed by atoms with van der Waals surface area (Å²) in [7, 11) is 0. The number of likely N-dealkylation sites (tertiary alicyclic amines) is 1. The molecule has 106 valence electrons. The molecule has 0 amide bonds. The van der Waals surface area contributed by atoms with Crippen molar-refractivity contribution < 1.29 is 0 Å². The van der Waals surface area contributed by atoms with Crippen LogP contribution in [-0.4, -0.2) is 24.0 Å². The molecule has 0 radical (unpaired) electrons. The molecule has 2 N–H and O–H groups in total. The third kappa shape index (κ3) is 3.80. The summed E-state index contributed by atoms with van der Waals surface area (Å²) in [6.07, 6.45) is 1.13. The molecule has 2 nitrogen and oxygen atoms in total. The van der Waals surface area contributed by atoms with E-state index in [0.717, 1.165) is 26.1 Å². The van der Waals surface area contributed by atoms with Crippen molar-refractivity contribution in [3.8, 4) is 0 Å². The Morgan fingerprint density at radius 3 is 2.37 bits per heavy atom. The van der Waals surface area contributed by atoms with Crippen LogP contribution in [0.15, 0.2) is 24.3 Å². The third-order valence-electron chi connectivity index (χ3n) is 4.28. The lowest BCUT2D eigenvalue weighted by Gasteiger charge is -2.35. The third-order valence-corrected chi connectivity index (χ3v) is 4.28. The highest BCUT2D eigenvalue weighted by atomic mass is 15.1. The summed E-state index contributed by atoms with van der Waals surface area (Å²) in [5.74, 6) is 0.614. The lowest BCUT2D eigenvalue weighted by Crippen LogP contribution is -2.45. The fourth-order valence-corrected chi connectivity index (χ4v) is 2.76. The number of nitrogens with zero attached hydrogens (tertiary/aromatic N) is 1. The zero-order chi connectivity index (χ0) is 14.0. The van der Waals surface area contributed by atoms with Crippen molar-refractivity contribution >= 4 is 0 Å². The SMILES string of the molecule is C[C@@H]1CN(Cc2ccc(C(C)(C)C)cc2)CC[C@H]1N. The molecule has 0 bridgehead atoms. The van der Waals surface area contributed by atoms with Gasteiger partial charge in [0.15, 0.2) is 0 Å². The smallest absolute Gasteiger partial charge is 0.0233 e. The van der Waals surface area contributed by atoms with Gasteiger partial charge < -0.3 is 5.73 Å². The first-order valence-corrected chi connectivity index (χ1v) is 7.43. The standard InChI is InChI=1S/C17H28N2/c1-13-11-19(10-9-16(13)18)12-14-5-7-15(8-6-14)17(2,3)4/h5-8,13,16H,9-12,18H2,1-4H3/t13-,16-/m1/s1. The van der Waals surface area contributed by atoms with E-state index in [1.807, 2.05) is 0 Å². The molecule has 1 fully saturated rings. The summed E-state index contributed by atoms with van der Waals surface area (Å²) >= 11 is 0. The van der Waals surface area contributed by atoms with E-state index >= 15 is 0 Å². The van der Waals surface area contributed by atoms with E-state index in [2.05, 4.69) is 56.9 Å². The highest BCUT2D eigenvalue weighted by Crippen LogP contribution is 2.23. The molecule has 1 heterocycles. The van der Waals surface area contributed by atoms with Crippen molar-refractivity contribution in [1.29, 1.82) is 0 Å². The first-order chi connectivity index (χ1) is 8.86. The zero-order valence-corrected chi connectivity index (χ0v) is 12.8. The van der Waals surface area contributed by atoms with Crippen molar-refractivity contribution in [2.75, 3.05) is 13.1 Å². The predicted octanol–water partition coefficient (Wildman–Crippen LogP) is 3.15. The van der Waals surface area contributed by atoms with Gasteiger partial charge in [0.05, 0.1) is 0 Å². The summed E-state index contributed by atoms with van der Waals surface area (Å²) in [4.78, 5) is 2.53. The van der Waals surface area contributed by atoms with Crippen LogP contribution in [0.25, 0.3) is 0 Å². The molecule has 1 aromatic rings. The number of hydrogen-bond donors (Lipinski definition) is 1. The Bertz CT molecular complexity index is 402. The Morgan fingerprint density at radius 1 is 1.21 bits per heavy atom. The minimum Gasteiger partial charge on any atom is -0.327 e. The Balaban J connectivity index is 1.97. The van der Waals surface area contributed by atoms with Crippen LogP contribution in [0.2, 0.25) is 0 Å². The van der Waals surface area contributed by atoms with Crippen LogP contribution in [0, 0.1) is 5.92 Å². The lowest BCUT2D eigenvalue weighted by atomic mass is 9.86. The van der Waals surface area contributed by atoms with Gasteiger partial charge in [-0.1, -0.05) is 52.0 Å². The fourth-order valence-electron chi connectivity index (χ4n) is 2.76. The molecule has 1 saturated heterocycles. The minimum atomic E-state index is 0.241. The van der Waals surface area contributed by atoms with Crippen molar-refractivity contribution in [3.63, 3.8) is 0 Å². The molecule has 0 spiro atoms. The minimum absolute atomic E-state index is 0.241. The summed E-state index contributed by atoms with van der Waals surface area (Å²) in [6.45, 7) is 12.4. The first-order valence-electron chi connectivity index (χ1n) is 7.43. The summed E-state index contributed by atoms with van der Waals surface area (Å²) in [5.41, 5.74) is 9.14. The van der Waals surface area contributed by atoms with E-state index in [-0.39, 0.29) is 5.41 Å². The molecule has 1 aromatic carbocycles. The lowest BCUT2D eigenvalue weighted by molar-refractivity contribution is 0.158. The zero-order valence-electron chi connectivity index (χ0n) is 12.8. The normalized spacial score (nSPS) is 25.5. The molecule has 19 heavy (non-hydrogen) atoms. The Labute approximate surface area is 118 Å². The first kappa shape index (κ1) is 14.5. The number of benzene rings is 1. The summed E-state index contributed by atoms with van der Waals surface area (Å²) in [6, 6.07) is 9.49. The molecule has 0 aromatic heterocycles. The van der Waals surface area contributed by atoms with Gasteiger partial charge in [-0.3, -0.25) is 4.90 Å². The van der Waals surface area contributed by atoms with Gasteiger partial charge in [-0.25, -0.2) is 0 Å². The van der Waals surface area contributed by atoms with Gasteiger partial charge in [-0.2, -0.15) is 0 Å². The van der Waals surface area contributed by atoms with Gasteiger partial charge in [0, 0.05) is 19.1 Å². The summed E-state index contributed by atoms with van der Waals surface area (Å²) in [5, 5.41) is 0.